The molecule has 1 saturated heterocycles. The number of ether oxygens (including phenoxy) is 2. The van der Waals surface area contributed by atoms with Crippen LogP contribution in [0.1, 0.15) is 18.5 Å². The van der Waals surface area contributed by atoms with E-state index >= 15 is 0 Å². The van der Waals surface area contributed by atoms with Gasteiger partial charge in [-0.05, 0) is 43.2 Å². The van der Waals surface area contributed by atoms with E-state index < -0.39 is 5.54 Å². The highest BCUT2D eigenvalue weighted by Crippen LogP contribution is 2.29. The van der Waals surface area contributed by atoms with Gasteiger partial charge in [0.05, 0.1) is 10.7 Å². The molecule has 7 heteroatoms. The predicted molar refractivity (Wildman–Crippen MR) is 95.6 cm³/mol. The highest BCUT2D eigenvalue weighted by molar-refractivity contribution is 6.32. The Bertz CT molecular complexity index is 734. The third-order valence-corrected chi connectivity index (χ3v) is 4.42. The molecule has 3 N–H and O–H groups in total. The molecule has 0 radical (unpaired) electrons. The van der Waals surface area contributed by atoms with Crippen molar-refractivity contribution in [2.24, 2.45) is 5.73 Å². The van der Waals surface area contributed by atoms with Crippen molar-refractivity contribution in [3.05, 3.63) is 53.3 Å². The summed E-state index contributed by atoms with van der Waals surface area (Å²) in [6, 6.07) is 10.7. The van der Waals surface area contributed by atoms with Crippen molar-refractivity contribution >= 4 is 23.2 Å². The largest absolute Gasteiger partial charge is 0.486 e. The molecule has 1 aliphatic heterocycles. The van der Waals surface area contributed by atoms with Gasteiger partial charge < -0.3 is 20.5 Å². The second-order valence-corrected chi connectivity index (χ2v) is 6.38. The molecule has 6 nitrogen and oxygen atoms in total. The van der Waals surface area contributed by atoms with Crippen LogP contribution >= 0.6 is 11.6 Å². The van der Waals surface area contributed by atoms with E-state index in [9.17, 15) is 4.79 Å². The molecular weight excluding hydrogens is 342 g/mol. The van der Waals surface area contributed by atoms with Gasteiger partial charge in [-0.15, -0.1) is 0 Å². The summed E-state index contributed by atoms with van der Waals surface area (Å²) in [5.74, 6) is 0.299. The van der Waals surface area contributed by atoms with Gasteiger partial charge in [0.15, 0.2) is 0 Å². The first-order valence-corrected chi connectivity index (χ1v) is 8.45. The zero-order valence-corrected chi connectivity index (χ0v) is 14.5. The number of carbonyl (C=O) groups excluding carboxylic acids is 1. The average molecular weight is 362 g/mol. The zero-order chi connectivity index (χ0) is 17.7. The number of pyridine rings is 1. The van der Waals surface area contributed by atoms with Crippen LogP contribution in [0, 0.1) is 0 Å². The van der Waals surface area contributed by atoms with Crippen molar-refractivity contribution in [2.45, 2.75) is 25.0 Å². The number of nitrogens with zero attached hydrogens (tertiary/aromatic N) is 1. The first-order valence-electron chi connectivity index (χ1n) is 8.07. The summed E-state index contributed by atoms with van der Waals surface area (Å²) in [5, 5.41) is 3.23. The maximum atomic E-state index is 12.4. The van der Waals surface area contributed by atoms with Crippen molar-refractivity contribution in [3.8, 4) is 5.75 Å². The van der Waals surface area contributed by atoms with Crippen LogP contribution in [-0.2, 0) is 16.1 Å². The molecule has 25 heavy (non-hydrogen) atoms. The number of rotatable bonds is 5. The Labute approximate surface area is 151 Å². The van der Waals surface area contributed by atoms with E-state index in [-0.39, 0.29) is 5.91 Å². The molecule has 3 rings (SSSR count). The monoisotopic (exact) mass is 361 g/mol. The van der Waals surface area contributed by atoms with Crippen LogP contribution in [0.25, 0.3) is 0 Å². The molecule has 1 amide bonds. The molecule has 2 aromatic rings. The molecule has 0 bridgehead atoms. The number of amides is 1. The topological polar surface area (TPSA) is 86.5 Å². The van der Waals surface area contributed by atoms with E-state index in [0.717, 1.165) is 5.69 Å². The van der Waals surface area contributed by atoms with Gasteiger partial charge in [-0.1, -0.05) is 17.7 Å². The van der Waals surface area contributed by atoms with Gasteiger partial charge in [-0.2, -0.15) is 0 Å². The molecule has 1 aromatic carbocycles. The van der Waals surface area contributed by atoms with Crippen molar-refractivity contribution in [3.63, 3.8) is 0 Å². The van der Waals surface area contributed by atoms with E-state index in [4.69, 9.17) is 26.8 Å². The first-order chi connectivity index (χ1) is 12.1. The van der Waals surface area contributed by atoms with Gasteiger partial charge >= 0.3 is 0 Å². The van der Waals surface area contributed by atoms with Crippen LogP contribution in [0.4, 0.5) is 5.69 Å². The van der Waals surface area contributed by atoms with E-state index in [0.29, 0.717) is 49.1 Å². The molecule has 0 aliphatic carbocycles. The van der Waals surface area contributed by atoms with Crippen molar-refractivity contribution in [1.29, 1.82) is 0 Å². The lowest BCUT2D eigenvalue weighted by atomic mass is 9.90. The minimum Gasteiger partial charge on any atom is -0.486 e. The number of aromatic nitrogens is 1. The quantitative estimate of drug-likeness (QED) is 0.855. The Morgan fingerprint density at radius 2 is 2.12 bits per heavy atom. The van der Waals surface area contributed by atoms with Gasteiger partial charge in [0.2, 0.25) is 5.91 Å². The molecule has 0 saturated carbocycles. The molecule has 1 fully saturated rings. The first kappa shape index (κ1) is 17.7. The van der Waals surface area contributed by atoms with Gasteiger partial charge in [0.1, 0.15) is 17.9 Å². The van der Waals surface area contributed by atoms with E-state index in [1.807, 2.05) is 18.2 Å². The fraction of sp³-hybridized carbons (Fsp3) is 0.333. The van der Waals surface area contributed by atoms with Crippen molar-refractivity contribution < 1.29 is 14.3 Å². The third-order valence-electron chi connectivity index (χ3n) is 4.13. The Morgan fingerprint density at radius 3 is 2.80 bits per heavy atom. The standard InChI is InChI=1S/C18H20ClN3O3/c19-15-11-13(22-17(23)18(20)6-9-24-10-7-18)4-5-16(15)25-12-14-3-1-2-8-21-14/h1-5,8,11H,6-7,9-10,12,20H2,(H,22,23). The molecule has 2 heterocycles. The normalized spacial score (nSPS) is 16.2. The Morgan fingerprint density at radius 1 is 1.32 bits per heavy atom. The van der Waals surface area contributed by atoms with E-state index in [2.05, 4.69) is 10.3 Å². The Hall–Kier alpha value is -2.15. The Balaban J connectivity index is 1.62. The second kappa shape index (κ2) is 7.82. The highest BCUT2D eigenvalue weighted by atomic mass is 35.5. The number of nitrogens with one attached hydrogen (secondary N) is 1. The number of halogens is 1. The summed E-state index contributed by atoms with van der Waals surface area (Å²) >= 11 is 6.25. The van der Waals surface area contributed by atoms with Crippen LogP contribution in [-0.4, -0.2) is 29.6 Å². The molecule has 1 aliphatic rings. The number of anilines is 1. The summed E-state index contributed by atoms with van der Waals surface area (Å²) in [4.78, 5) is 16.6. The lowest BCUT2D eigenvalue weighted by Gasteiger charge is -2.31. The summed E-state index contributed by atoms with van der Waals surface area (Å²) in [6.07, 6.45) is 2.70. The van der Waals surface area contributed by atoms with Crippen molar-refractivity contribution in [2.75, 3.05) is 18.5 Å². The van der Waals surface area contributed by atoms with Gasteiger partial charge in [0, 0.05) is 25.1 Å². The fourth-order valence-corrected chi connectivity index (χ4v) is 2.78. The summed E-state index contributed by atoms with van der Waals surface area (Å²) < 4.78 is 10.9. The third kappa shape index (κ3) is 4.48. The van der Waals surface area contributed by atoms with Crippen LogP contribution in [0.5, 0.6) is 5.75 Å². The molecule has 1 aromatic heterocycles. The molecule has 0 atom stereocenters. The van der Waals surface area contributed by atoms with Gasteiger partial charge in [-0.25, -0.2) is 0 Å². The Kier molecular flexibility index (Phi) is 5.53. The highest BCUT2D eigenvalue weighted by Gasteiger charge is 2.35. The zero-order valence-electron chi connectivity index (χ0n) is 13.7. The number of hydrogen-bond acceptors (Lipinski definition) is 5. The number of nitrogens with two attached hydrogens (primary N) is 1. The summed E-state index contributed by atoms with van der Waals surface area (Å²) in [6.45, 7) is 1.30. The van der Waals surface area contributed by atoms with Crippen LogP contribution in [0.3, 0.4) is 0 Å². The molecule has 0 spiro atoms. The summed E-state index contributed by atoms with van der Waals surface area (Å²) in [5.41, 5.74) is 6.66. The fourth-order valence-electron chi connectivity index (χ4n) is 2.55. The van der Waals surface area contributed by atoms with E-state index in [1.54, 1.807) is 24.4 Å². The van der Waals surface area contributed by atoms with E-state index in [1.165, 1.54) is 0 Å². The predicted octanol–water partition coefficient (Wildman–Crippen LogP) is 2.76. The molecule has 132 valence electrons. The van der Waals surface area contributed by atoms with Crippen molar-refractivity contribution in [1.82, 2.24) is 4.98 Å². The number of hydrogen-bond donors (Lipinski definition) is 2. The van der Waals surface area contributed by atoms with Crippen LogP contribution < -0.4 is 15.8 Å². The molecule has 0 unspecified atom stereocenters. The van der Waals surface area contributed by atoms with Gasteiger partial charge in [-0.3, -0.25) is 9.78 Å². The molecular formula is C18H20ClN3O3. The number of benzene rings is 1. The lowest BCUT2D eigenvalue weighted by Crippen LogP contribution is -2.54. The maximum absolute atomic E-state index is 12.4. The van der Waals surface area contributed by atoms with Crippen LogP contribution in [0.2, 0.25) is 5.02 Å². The lowest BCUT2D eigenvalue weighted by molar-refractivity contribution is -0.124. The van der Waals surface area contributed by atoms with Crippen LogP contribution in [0.15, 0.2) is 42.6 Å². The average Bonchev–Trinajstić information content (AvgIpc) is 2.62. The minimum atomic E-state index is -0.904. The second-order valence-electron chi connectivity index (χ2n) is 5.98. The maximum Gasteiger partial charge on any atom is 0.244 e. The minimum absolute atomic E-state index is 0.228. The smallest absolute Gasteiger partial charge is 0.244 e. The summed E-state index contributed by atoms with van der Waals surface area (Å²) in [7, 11) is 0. The SMILES string of the molecule is NC1(C(=O)Nc2ccc(OCc3ccccn3)c(Cl)c2)CCOCC1. The van der Waals surface area contributed by atoms with Gasteiger partial charge in [0.25, 0.3) is 0 Å². The number of carbonyl (C=O) groups is 1.